The number of anilines is 1. The summed E-state index contributed by atoms with van der Waals surface area (Å²) in [5.41, 5.74) is 2.95. The molecule has 7 heteroatoms. The van der Waals surface area contributed by atoms with E-state index in [9.17, 15) is 4.79 Å². The third-order valence-corrected chi connectivity index (χ3v) is 4.25. The molecule has 2 aromatic carbocycles. The van der Waals surface area contributed by atoms with Crippen LogP contribution in [0.5, 0.6) is 0 Å². The average Bonchev–Trinajstić information content (AvgIpc) is 3.11. The second kappa shape index (κ2) is 6.44. The summed E-state index contributed by atoms with van der Waals surface area (Å²) in [4.78, 5) is 20.8. The third kappa shape index (κ3) is 2.45. The van der Waals surface area contributed by atoms with Gasteiger partial charge in [0.2, 0.25) is 0 Å². The summed E-state index contributed by atoms with van der Waals surface area (Å²) in [7, 11) is 1.38. The van der Waals surface area contributed by atoms with Crippen molar-refractivity contribution in [3.8, 4) is 11.3 Å². The zero-order valence-electron chi connectivity index (χ0n) is 14.4. The molecule has 1 N–H and O–H groups in total. The number of ether oxygens (including phenoxy) is 1. The lowest BCUT2D eigenvalue weighted by atomic mass is 9.98. The number of fused-ring (bicyclic) bond motifs is 2. The van der Waals surface area contributed by atoms with E-state index in [0.717, 1.165) is 28.6 Å². The minimum atomic E-state index is -0.359. The molecule has 0 saturated heterocycles. The standard InChI is InChI=1S/C19H17N5O2/c1-3-20-17-18-21-10-16(24(18)23-11-22-17)14-8-4-7-13-12(14)6-5-9-15(13)19(25)26-2/h4-11H,3H2,1-2H3,(H,20,22,23). The maximum Gasteiger partial charge on any atom is 0.338 e. The van der Waals surface area contributed by atoms with Crippen molar-refractivity contribution < 1.29 is 9.53 Å². The van der Waals surface area contributed by atoms with Gasteiger partial charge in [0.15, 0.2) is 11.5 Å². The Morgan fingerprint density at radius 1 is 1.15 bits per heavy atom. The number of hydrogen-bond donors (Lipinski definition) is 1. The Hall–Kier alpha value is -3.48. The fraction of sp³-hybridized carbons (Fsp3) is 0.158. The third-order valence-electron chi connectivity index (χ3n) is 4.25. The molecule has 0 atom stereocenters. The van der Waals surface area contributed by atoms with Gasteiger partial charge >= 0.3 is 5.97 Å². The number of carbonyl (C=O) groups excluding carboxylic acids is 1. The van der Waals surface area contributed by atoms with Crippen LogP contribution >= 0.6 is 0 Å². The second-order valence-electron chi connectivity index (χ2n) is 5.72. The van der Waals surface area contributed by atoms with Crippen molar-refractivity contribution in [3.05, 3.63) is 54.5 Å². The van der Waals surface area contributed by atoms with Gasteiger partial charge in [0, 0.05) is 12.1 Å². The van der Waals surface area contributed by atoms with Crippen LogP contribution in [-0.4, -0.2) is 39.2 Å². The molecule has 0 aliphatic carbocycles. The van der Waals surface area contributed by atoms with Gasteiger partial charge < -0.3 is 10.1 Å². The number of hydrogen-bond acceptors (Lipinski definition) is 6. The van der Waals surface area contributed by atoms with Gasteiger partial charge in [0.05, 0.1) is 24.6 Å². The van der Waals surface area contributed by atoms with Gasteiger partial charge in [-0.15, -0.1) is 0 Å². The summed E-state index contributed by atoms with van der Waals surface area (Å²) in [5.74, 6) is 0.326. The lowest BCUT2D eigenvalue weighted by Gasteiger charge is -2.09. The fourth-order valence-electron chi connectivity index (χ4n) is 3.11. The molecule has 7 nitrogen and oxygen atoms in total. The molecule has 4 rings (SSSR count). The van der Waals surface area contributed by atoms with Gasteiger partial charge in [0.1, 0.15) is 6.33 Å². The lowest BCUT2D eigenvalue weighted by molar-refractivity contribution is 0.0603. The minimum absolute atomic E-state index is 0.359. The molecule has 0 unspecified atom stereocenters. The zero-order valence-corrected chi connectivity index (χ0v) is 14.4. The number of rotatable bonds is 4. The number of imidazole rings is 1. The van der Waals surface area contributed by atoms with Gasteiger partial charge in [0.25, 0.3) is 0 Å². The van der Waals surface area contributed by atoms with Crippen LogP contribution in [0.3, 0.4) is 0 Å². The van der Waals surface area contributed by atoms with Crippen LogP contribution in [-0.2, 0) is 4.74 Å². The van der Waals surface area contributed by atoms with Crippen LogP contribution in [0.25, 0.3) is 27.7 Å². The number of methoxy groups -OCH3 is 1. The highest BCUT2D eigenvalue weighted by molar-refractivity contribution is 6.08. The summed E-state index contributed by atoms with van der Waals surface area (Å²) < 4.78 is 6.66. The second-order valence-corrected chi connectivity index (χ2v) is 5.72. The minimum Gasteiger partial charge on any atom is -0.465 e. The molecular formula is C19H17N5O2. The highest BCUT2D eigenvalue weighted by Crippen LogP contribution is 2.31. The Balaban J connectivity index is 1.97. The summed E-state index contributed by atoms with van der Waals surface area (Å²) in [5, 5.41) is 9.30. The SMILES string of the molecule is CCNc1ncnn2c(-c3cccc4c(C(=O)OC)cccc34)cnc12. The molecule has 0 amide bonds. The Kier molecular flexibility index (Phi) is 3.96. The molecule has 4 aromatic rings. The Labute approximate surface area is 149 Å². The zero-order chi connectivity index (χ0) is 18.1. The van der Waals surface area contributed by atoms with Crippen LogP contribution in [0.2, 0.25) is 0 Å². The largest absolute Gasteiger partial charge is 0.465 e. The van der Waals surface area contributed by atoms with Gasteiger partial charge in [-0.1, -0.05) is 30.3 Å². The van der Waals surface area contributed by atoms with Crippen molar-refractivity contribution in [1.29, 1.82) is 0 Å². The van der Waals surface area contributed by atoms with E-state index in [1.54, 1.807) is 16.8 Å². The fourth-order valence-corrected chi connectivity index (χ4v) is 3.11. The quantitative estimate of drug-likeness (QED) is 0.571. The van der Waals surface area contributed by atoms with Crippen LogP contribution in [0.15, 0.2) is 48.9 Å². The number of carbonyl (C=O) groups is 1. The van der Waals surface area contributed by atoms with Crippen LogP contribution in [0.4, 0.5) is 5.82 Å². The molecule has 2 aromatic heterocycles. The first-order chi connectivity index (χ1) is 12.7. The first-order valence-electron chi connectivity index (χ1n) is 8.27. The molecule has 0 spiro atoms. The molecular weight excluding hydrogens is 330 g/mol. The molecule has 0 aliphatic heterocycles. The van der Waals surface area contributed by atoms with Crippen LogP contribution in [0.1, 0.15) is 17.3 Å². The van der Waals surface area contributed by atoms with Crippen molar-refractivity contribution in [1.82, 2.24) is 19.6 Å². The molecule has 2 heterocycles. The number of benzene rings is 2. The highest BCUT2D eigenvalue weighted by Gasteiger charge is 2.16. The number of nitrogens with one attached hydrogen (secondary N) is 1. The molecule has 0 radical (unpaired) electrons. The molecule has 130 valence electrons. The molecule has 0 bridgehead atoms. The summed E-state index contributed by atoms with van der Waals surface area (Å²) in [6.45, 7) is 2.74. The van der Waals surface area contributed by atoms with Crippen LogP contribution in [0, 0.1) is 0 Å². The average molecular weight is 347 g/mol. The number of nitrogens with zero attached hydrogens (tertiary/aromatic N) is 4. The Morgan fingerprint density at radius 2 is 1.96 bits per heavy atom. The van der Waals surface area contributed by atoms with Crippen molar-refractivity contribution in [2.24, 2.45) is 0 Å². The van der Waals surface area contributed by atoms with Gasteiger partial charge in [-0.2, -0.15) is 5.10 Å². The van der Waals surface area contributed by atoms with E-state index in [1.165, 1.54) is 13.4 Å². The normalized spacial score (nSPS) is 11.0. The topological polar surface area (TPSA) is 81.4 Å². The summed E-state index contributed by atoms with van der Waals surface area (Å²) >= 11 is 0. The van der Waals surface area contributed by atoms with Crippen molar-refractivity contribution in [2.75, 3.05) is 19.0 Å². The lowest BCUT2D eigenvalue weighted by Crippen LogP contribution is -2.05. The smallest absolute Gasteiger partial charge is 0.338 e. The number of esters is 1. The molecule has 0 saturated carbocycles. The predicted octanol–water partition coefficient (Wildman–Crippen LogP) is 3.16. The van der Waals surface area contributed by atoms with Gasteiger partial charge in [-0.25, -0.2) is 19.3 Å². The summed E-state index contributed by atoms with van der Waals surface area (Å²) in [6.07, 6.45) is 3.27. The molecule has 26 heavy (non-hydrogen) atoms. The van der Waals surface area contributed by atoms with E-state index in [1.807, 2.05) is 37.3 Å². The molecule has 0 aliphatic rings. The maximum atomic E-state index is 12.1. The van der Waals surface area contributed by atoms with E-state index in [4.69, 9.17) is 4.74 Å². The first kappa shape index (κ1) is 16.0. The monoisotopic (exact) mass is 347 g/mol. The number of aromatic nitrogens is 4. The van der Waals surface area contributed by atoms with Crippen molar-refractivity contribution in [3.63, 3.8) is 0 Å². The first-order valence-corrected chi connectivity index (χ1v) is 8.27. The predicted molar refractivity (Wildman–Crippen MR) is 99.2 cm³/mol. The van der Waals surface area contributed by atoms with Gasteiger partial charge in [-0.3, -0.25) is 0 Å². The van der Waals surface area contributed by atoms with E-state index in [-0.39, 0.29) is 5.97 Å². The Bertz CT molecular complexity index is 1120. The van der Waals surface area contributed by atoms with E-state index in [0.29, 0.717) is 17.0 Å². The molecule has 0 fully saturated rings. The van der Waals surface area contributed by atoms with Gasteiger partial charge in [-0.05, 0) is 23.8 Å². The van der Waals surface area contributed by atoms with Crippen LogP contribution < -0.4 is 5.32 Å². The summed E-state index contributed by atoms with van der Waals surface area (Å²) in [6, 6.07) is 11.4. The van der Waals surface area contributed by atoms with E-state index < -0.39 is 0 Å². The van der Waals surface area contributed by atoms with E-state index in [2.05, 4.69) is 20.4 Å². The maximum absolute atomic E-state index is 12.1. The Morgan fingerprint density at radius 3 is 2.77 bits per heavy atom. The van der Waals surface area contributed by atoms with E-state index >= 15 is 0 Å². The van der Waals surface area contributed by atoms with Crippen molar-refractivity contribution >= 4 is 28.2 Å². The highest BCUT2D eigenvalue weighted by atomic mass is 16.5. The van der Waals surface area contributed by atoms with Crippen molar-refractivity contribution in [2.45, 2.75) is 6.92 Å².